The fraction of sp³-hybridized carbons (Fsp3) is 0.462. The lowest BCUT2D eigenvalue weighted by Crippen LogP contribution is -2.37. The van der Waals surface area contributed by atoms with Crippen LogP contribution in [0.4, 0.5) is 4.79 Å². The highest BCUT2D eigenvalue weighted by molar-refractivity contribution is 5.94. The fourth-order valence-corrected chi connectivity index (χ4v) is 2.11. The van der Waals surface area contributed by atoms with Gasteiger partial charge in [0.25, 0.3) is 5.91 Å². The van der Waals surface area contributed by atoms with Crippen molar-refractivity contribution in [2.75, 3.05) is 33.3 Å². The van der Waals surface area contributed by atoms with Crippen molar-refractivity contribution in [1.82, 2.24) is 14.8 Å². The molecule has 0 atom stereocenters. The van der Waals surface area contributed by atoms with E-state index < -0.39 is 0 Å². The first-order valence-corrected chi connectivity index (χ1v) is 6.24. The van der Waals surface area contributed by atoms with Crippen LogP contribution in [0.1, 0.15) is 16.8 Å². The summed E-state index contributed by atoms with van der Waals surface area (Å²) in [5, 5.41) is 0. The summed E-state index contributed by atoms with van der Waals surface area (Å²) in [5.41, 5.74) is 0.626. The summed E-state index contributed by atoms with van der Waals surface area (Å²) in [6, 6.07) is 3.40. The Morgan fingerprint density at radius 1 is 1.11 bits per heavy atom. The SMILES string of the molecule is COC(=O)N1CCCN(C(=O)c2ccncc2)CC1. The van der Waals surface area contributed by atoms with E-state index in [0.29, 0.717) is 31.7 Å². The number of nitrogens with zero attached hydrogens (tertiary/aromatic N) is 3. The Labute approximate surface area is 112 Å². The first kappa shape index (κ1) is 13.3. The Balaban J connectivity index is 2.00. The van der Waals surface area contributed by atoms with Crippen LogP contribution in [-0.2, 0) is 4.74 Å². The molecule has 1 fully saturated rings. The van der Waals surface area contributed by atoms with Crippen LogP contribution in [0.3, 0.4) is 0 Å². The predicted molar refractivity (Wildman–Crippen MR) is 68.7 cm³/mol. The van der Waals surface area contributed by atoms with E-state index in [9.17, 15) is 9.59 Å². The van der Waals surface area contributed by atoms with Gasteiger partial charge in [0.2, 0.25) is 0 Å². The molecule has 6 heteroatoms. The average molecular weight is 263 g/mol. The third-order valence-electron chi connectivity index (χ3n) is 3.14. The van der Waals surface area contributed by atoms with Gasteiger partial charge in [0.1, 0.15) is 0 Å². The number of carbonyl (C=O) groups is 2. The van der Waals surface area contributed by atoms with Gasteiger partial charge >= 0.3 is 6.09 Å². The quantitative estimate of drug-likeness (QED) is 0.758. The molecule has 0 bridgehead atoms. The van der Waals surface area contributed by atoms with E-state index in [0.717, 1.165) is 6.42 Å². The van der Waals surface area contributed by atoms with E-state index in [-0.39, 0.29) is 12.0 Å². The Bertz CT molecular complexity index is 450. The summed E-state index contributed by atoms with van der Waals surface area (Å²) in [6.45, 7) is 2.29. The number of amides is 2. The normalized spacial score (nSPS) is 15.8. The van der Waals surface area contributed by atoms with Crippen LogP contribution >= 0.6 is 0 Å². The van der Waals surface area contributed by atoms with E-state index in [1.807, 2.05) is 0 Å². The largest absolute Gasteiger partial charge is 0.453 e. The van der Waals surface area contributed by atoms with Crippen LogP contribution < -0.4 is 0 Å². The lowest BCUT2D eigenvalue weighted by atomic mass is 10.2. The number of ether oxygens (including phenoxy) is 1. The van der Waals surface area contributed by atoms with Crippen molar-refractivity contribution in [2.45, 2.75) is 6.42 Å². The van der Waals surface area contributed by atoms with Gasteiger partial charge in [-0.2, -0.15) is 0 Å². The van der Waals surface area contributed by atoms with Crippen LogP contribution in [0.15, 0.2) is 24.5 Å². The molecule has 2 rings (SSSR count). The molecule has 102 valence electrons. The third kappa shape index (κ3) is 3.21. The zero-order valence-corrected chi connectivity index (χ0v) is 10.9. The Kier molecular flexibility index (Phi) is 4.33. The molecule has 1 aliphatic rings. The van der Waals surface area contributed by atoms with Crippen LogP contribution in [0, 0.1) is 0 Å². The summed E-state index contributed by atoms with van der Waals surface area (Å²) in [6.07, 6.45) is 3.63. The van der Waals surface area contributed by atoms with Crippen LogP contribution in [0.25, 0.3) is 0 Å². The third-order valence-corrected chi connectivity index (χ3v) is 3.14. The maximum Gasteiger partial charge on any atom is 0.409 e. The highest BCUT2D eigenvalue weighted by Gasteiger charge is 2.22. The second kappa shape index (κ2) is 6.17. The lowest BCUT2D eigenvalue weighted by Gasteiger charge is -2.21. The van der Waals surface area contributed by atoms with Crippen LogP contribution in [-0.4, -0.2) is 60.1 Å². The van der Waals surface area contributed by atoms with Crippen molar-refractivity contribution < 1.29 is 14.3 Å². The maximum atomic E-state index is 12.3. The number of carbonyl (C=O) groups excluding carboxylic acids is 2. The van der Waals surface area contributed by atoms with Gasteiger partial charge < -0.3 is 14.5 Å². The van der Waals surface area contributed by atoms with Crippen molar-refractivity contribution in [1.29, 1.82) is 0 Å². The Hall–Kier alpha value is -2.11. The highest BCUT2D eigenvalue weighted by Crippen LogP contribution is 2.09. The molecule has 0 unspecified atom stereocenters. The van der Waals surface area contributed by atoms with E-state index in [1.54, 1.807) is 34.3 Å². The second-order valence-electron chi connectivity index (χ2n) is 4.34. The minimum Gasteiger partial charge on any atom is -0.453 e. The average Bonchev–Trinajstić information content (AvgIpc) is 2.72. The number of hydrogen-bond donors (Lipinski definition) is 0. The molecule has 0 aliphatic carbocycles. The van der Waals surface area contributed by atoms with Gasteiger partial charge in [-0.1, -0.05) is 0 Å². The van der Waals surface area contributed by atoms with Crippen molar-refractivity contribution in [2.24, 2.45) is 0 Å². The fourth-order valence-electron chi connectivity index (χ4n) is 2.11. The number of methoxy groups -OCH3 is 1. The van der Waals surface area contributed by atoms with Gasteiger partial charge in [-0.15, -0.1) is 0 Å². The zero-order chi connectivity index (χ0) is 13.7. The number of rotatable bonds is 1. The molecule has 0 radical (unpaired) electrons. The van der Waals surface area contributed by atoms with Crippen molar-refractivity contribution >= 4 is 12.0 Å². The molecule has 0 spiro atoms. The molecule has 1 aromatic heterocycles. The van der Waals surface area contributed by atoms with Gasteiger partial charge in [0.15, 0.2) is 0 Å². The van der Waals surface area contributed by atoms with Crippen LogP contribution in [0.2, 0.25) is 0 Å². The van der Waals surface area contributed by atoms with Crippen molar-refractivity contribution in [3.63, 3.8) is 0 Å². The van der Waals surface area contributed by atoms with E-state index >= 15 is 0 Å². The second-order valence-corrected chi connectivity index (χ2v) is 4.34. The number of hydrogen-bond acceptors (Lipinski definition) is 4. The lowest BCUT2D eigenvalue weighted by molar-refractivity contribution is 0.0757. The van der Waals surface area contributed by atoms with E-state index in [1.165, 1.54) is 7.11 Å². The van der Waals surface area contributed by atoms with E-state index in [2.05, 4.69) is 4.98 Å². The zero-order valence-electron chi connectivity index (χ0n) is 10.9. The molecule has 0 N–H and O–H groups in total. The van der Waals surface area contributed by atoms with Gasteiger partial charge in [-0.3, -0.25) is 9.78 Å². The summed E-state index contributed by atoms with van der Waals surface area (Å²) in [4.78, 5) is 31.0. The molecule has 2 amide bonds. The summed E-state index contributed by atoms with van der Waals surface area (Å²) in [7, 11) is 1.37. The molecular formula is C13H17N3O3. The molecule has 6 nitrogen and oxygen atoms in total. The first-order chi connectivity index (χ1) is 9.22. The molecule has 1 aromatic rings. The number of pyridine rings is 1. The molecule has 2 heterocycles. The maximum absolute atomic E-state index is 12.3. The van der Waals surface area contributed by atoms with Gasteiger partial charge in [0.05, 0.1) is 7.11 Å². The van der Waals surface area contributed by atoms with E-state index in [4.69, 9.17) is 4.74 Å². The molecule has 1 saturated heterocycles. The first-order valence-electron chi connectivity index (χ1n) is 6.24. The summed E-state index contributed by atoms with van der Waals surface area (Å²) >= 11 is 0. The Morgan fingerprint density at radius 3 is 2.42 bits per heavy atom. The van der Waals surface area contributed by atoms with Gasteiger partial charge in [-0.05, 0) is 18.6 Å². The predicted octanol–water partition coefficient (Wildman–Crippen LogP) is 0.996. The minimum atomic E-state index is -0.335. The molecule has 19 heavy (non-hydrogen) atoms. The molecule has 0 aromatic carbocycles. The highest BCUT2D eigenvalue weighted by atomic mass is 16.5. The number of aromatic nitrogens is 1. The summed E-state index contributed by atoms with van der Waals surface area (Å²) in [5.74, 6) is -0.0193. The van der Waals surface area contributed by atoms with Crippen molar-refractivity contribution in [3.8, 4) is 0 Å². The topological polar surface area (TPSA) is 62.7 Å². The van der Waals surface area contributed by atoms with Gasteiger partial charge in [-0.25, -0.2) is 4.79 Å². The molecule has 1 aliphatic heterocycles. The molecule has 0 saturated carbocycles. The monoisotopic (exact) mass is 263 g/mol. The Morgan fingerprint density at radius 2 is 1.74 bits per heavy atom. The standard InChI is InChI=1S/C13H17N3O3/c1-19-13(18)16-8-2-7-15(9-10-16)12(17)11-3-5-14-6-4-11/h3-6H,2,7-10H2,1H3. The van der Waals surface area contributed by atoms with Crippen molar-refractivity contribution in [3.05, 3.63) is 30.1 Å². The minimum absolute atomic E-state index is 0.0193. The smallest absolute Gasteiger partial charge is 0.409 e. The van der Waals surface area contributed by atoms with Gasteiger partial charge in [0, 0.05) is 44.1 Å². The van der Waals surface area contributed by atoms with Crippen LogP contribution in [0.5, 0.6) is 0 Å². The summed E-state index contributed by atoms with van der Waals surface area (Å²) < 4.78 is 4.70. The molecular weight excluding hydrogens is 246 g/mol.